The van der Waals surface area contributed by atoms with Crippen molar-refractivity contribution in [3.05, 3.63) is 59.7 Å². The molecule has 5 heteroatoms. The fraction of sp³-hybridized carbons (Fsp3) is 0.381. The van der Waals surface area contributed by atoms with Gasteiger partial charge in [-0.15, -0.1) is 0 Å². The molecule has 1 atom stereocenters. The molecular weight excluding hydrogens is 328 g/mol. The topological polar surface area (TPSA) is 59.6 Å². The van der Waals surface area contributed by atoms with Gasteiger partial charge in [-0.05, 0) is 54.7 Å². The summed E-state index contributed by atoms with van der Waals surface area (Å²) in [6.45, 7) is 6.65. The minimum atomic E-state index is -0.416. The Bertz CT molecular complexity index is 681. The molecule has 0 fully saturated rings. The zero-order valence-corrected chi connectivity index (χ0v) is 15.9. The van der Waals surface area contributed by atoms with Gasteiger partial charge in [0.15, 0.2) is 6.23 Å². The minimum Gasteiger partial charge on any atom is -0.497 e. The Morgan fingerprint density at radius 2 is 1.58 bits per heavy atom. The van der Waals surface area contributed by atoms with Crippen molar-refractivity contribution in [3.63, 3.8) is 0 Å². The van der Waals surface area contributed by atoms with E-state index < -0.39 is 6.23 Å². The van der Waals surface area contributed by atoms with Crippen molar-refractivity contribution in [2.45, 2.75) is 39.3 Å². The van der Waals surface area contributed by atoms with Crippen molar-refractivity contribution < 1.29 is 14.3 Å². The number of hydrogen-bond acceptors (Lipinski definition) is 3. The van der Waals surface area contributed by atoms with Gasteiger partial charge in [0.2, 0.25) is 0 Å². The Kier molecular flexibility index (Phi) is 7.33. The van der Waals surface area contributed by atoms with Crippen LogP contribution < -0.4 is 20.1 Å². The molecule has 1 unspecified atom stereocenters. The van der Waals surface area contributed by atoms with E-state index in [2.05, 4.69) is 24.5 Å². The van der Waals surface area contributed by atoms with Crippen LogP contribution in [0.25, 0.3) is 0 Å². The van der Waals surface area contributed by atoms with Crippen LogP contribution in [0.15, 0.2) is 48.5 Å². The monoisotopic (exact) mass is 356 g/mol. The molecule has 0 saturated carbocycles. The average molecular weight is 356 g/mol. The molecule has 0 heterocycles. The van der Waals surface area contributed by atoms with E-state index in [1.165, 1.54) is 5.56 Å². The Labute approximate surface area is 155 Å². The molecule has 0 spiro atoms. The zero-order chi connectivity index (χ0) is 18.9. The number of nitrogens with one attached hydrogen (secondary N) is 2. The molecule has 26 heavy (non-hydrogen) atoms. The second-order valence-electron chi connectivity index (χ2n) is 6.48. The smallest absolute Gasteiger partial charge is 0.317 e. The van der Waals surface area contributed by atoms with E-state index in [-0.39, 0.29) is 6.03 Å². The summed E-state index contributed by atoms with van der Waals surface area (Å²) >= 11 is 0. The van der Waals surface area contributed by atoms with Crippen LogP contribution >= 0.6 is 0 Å². The lowest BCUT2D eigenvalue weighted by atomic mass is 10.0. The lowest BCUT2D eigenvalue weighted by molar-refractivity contribution is 0.177. The van der Waals surface area contributed by atoms with Crippen molar-refractivity contribution in [1.29, 1.82) is 0 Å². The molecule has 0 aromatic heterocycles. The second kappa shape index (κ2) is 9.70. The highest BCUT2D eigenvalue weighted by atomic mass is 16.5. The maximum atomic E-state index is 12.0. The molecule has 0 aliphatic carbocycles. The standard InChI is InChI=1S/C21H28N2O3/c1-15(2)18-7-11-20(12-8-18)26-16(3)23-21(24)22-14-13-17-5-9-19(25-4)10-6-17/h5-12,15-16H,13-14H2,1-4H3,(H2,22,23,24). The Balaban J connectivity index is 1.70. The number of rotatable bonds is 8. The summed E-state index contributed by atoms with van der Waals surface area (Å²) in [4.78, 5) is 12.0. The lowest BCUT2D eigenvalue weighted by Crippen LogP contribution is -2.43. The largest absolute Gasteiger partial charge is 0.497 e. The van der Waals surface area contributed by atoms with Crippen LogP contribution in [0.1, 0.15) is 37.8 Å². The number of ether oxygens (including phenoxy) is 2. The fourth-order valence-electron chi connectivity index (χ4n) is 2.51. The molecule has 2 N–H and O–H groups in total. The molecule has 0 saturated heterocycles. The number of carbonyl (C=O) groups excluding carboxylic acids is 1. The SMILES string of the molecule is COc1ccc(CCNC(=O)NC(C)Oc2ccc(C(C)C)cc2)cc1. The predicted molar refractivity (Wildman–Crippen MR) is 104 cm³/mol. The minimum absolute atomic E-state index is 0.246. The number of amides is 2. The molecule has 0 radical (unpaired) electrons. The third kappa shape index (κ3) is 6.31. The predicted octanol–water partition coefficient (Wildman–Crippen LogP) is 4.09. The van der Waals surface area contributed by atoms with Crippen molar-refractivity contribution >= 4 is 6.03 Å². The van der Waals surface area contributed by atoms with Crippen LogP contribution in [0.2, 0.25) is 0 Å². The van der Waals surface area contributed by atoms with E-state index in [0.717, 1.165) is 23.5 Å². The van der Waals surface area contributed by atoms with Gasteiger partial charge >= 0.3 is 6.03 Å². The van der Waals surface area contributed by atoms with Gasteiger partial charge < -0.3 is 20.1 Å². The van der Waals surface area contributed by atoms with Gasteiger partial charge in [0.05, 0.1) is 7.11 Å². The van der Waals surface area contributed by atoms with E-state index in [9.17, 15) is 4.79 Å². The second-order valence-corrected chi connectivity index (χ2v) is 6.48. The first-order valence-electron chi connectivity index (χ1n) is 8.92. The van der Waals surface area contributed by atoms with Gasteiger partial charge in [0.1, 0.15) is 11.5 Å². The maximum absolute atomic E-state index is 12.0. The van der Waals surface area contributed by atoms with Crippen LogP contribution in [0, 0.1) is 0 Å². The molecule has 2 aromatic carbocycles. The van der Waals surface area contributed by atoms with Crippen molar-refractivity contribution in [3.8, 4) is 11.5 Å². The van der Waals surface area contributed by atoms with E-state index >= 15 is 0 Å². The van der Waals surface area contributed by atoms with Crippen LogP contribution in [0.4, 0.5) is 4.79 Å². The van der Waals surface area contributed by atoms with Gasteiger partial charge in [0.25, 0.3) is 0 Å². The first kappa shape index (κ1) is 19.6. The molecular formula is C21H28N2O3. The fourth-order valence-corrected chi connectivity index (χ4v) is 2.51. The number of methoxy groups -OCH3 is 1. The highest BCUT2D eigenvalue weighted by molar-refractivity contribution is 5.74. The van der Waals surface area contributed by atoms with E-state index in [4.69, 9.17) is 9.47 Å². The summed E-state index contributed by atoms with van der Waals surface area (Å²) < 4.78 is 10.9. The van der Waals surface area contributed by atoms with Gasteiger partial charge in [-0.25, -0.2) is 4.79 Å². The molecule has 0 bridgehead atoms. The highest BCUT2D eigenvalue weighted by Gasteiger charge is 2.08. The van der Waals surface area contributed by atoms with Crippen LogP contribution in [0.3, 0.4) is 0 Å². The van der Waals surface area contributed by atoms with Crippen LogP contribution in [-0.4, -0.2) is 25.9 Å². The Hall–Kier alpha value is -2.69. The van der Waals surface area contributed by atoms with Crippen LogP contribution in [-0.2, 0) is 6.42 Å². The van der Waals surface area contributed by atoms with Crippen molar-refractivity contribution in [1.82, 2.24) is 10.6 Å². The van der Waals surface area contributed by atoms with E-state index in [1.54, 1.807) is 14.0 Å². The Morgan fingerprint density at radius 3 is 2.15 bits per heavy atom. The lowest BCUT2D eigenvalue weighted by Gasteiger charge is -2.17. The molecule has 2 amide bonds. The number of hydrogen-bond donors (Lipinski definition) is 2. The summed E-state index contributed by atoms with van der Waals surface area (Å²) in [5.74, 6) is 2.04. The van der Waals surface area contributed by atoms with Gasteiger partial charge in [-0.3, -0.25) is 0 Å². The normalized spacial score (nSPS) is 11.7. The summed E-state index contributed by atoms with van der Waals surface area (Å²) in [5, 5.41) is 5.62. The Morgan fingerprint density at radius 1 is 0.962 bits per heavy atom. The maximum Gasteiger partial charge on any atom is 0.317 e. The van der Waals surface area contributed by atoms with Crippen LogP contribution in [0.5, 0.6) is 11.5 Å². The van der Waals surface area contributed by atoms with Gasteiger partial charge in [-0.2, -0.15) is 0 Å². The number of benzene rings is 2. The first-order chi connectivity index (χ1) is 12.5. The molecule has 0 aliphatic rings. The third-order valence-corrected chi connectivity index (χ3v) is 4.05. The van der Waals surface area contributed by atoms with Crippen molar-refractivity contribution in [2.75, 3.05) is 13.7 Å². The average Bonchev–Trinajstić information content (AvgIpc) is 2.62. The quantitative estimate of drug-likeness (QED) is 0.701. The van der Waals surface area contributed by atoms with Crippen molar-refractivity contribution in [2.24, 2.45) is 0 Å². The summed E-state index contributed by atoms with van der Waals surface area (Å²) in [6.07, 6.45) is 0.337. The molecule has 2 rings (SSSR count). The molecule has 140 valence electrons. The highest BCUT2D eigenvalue weighted by Crippen LogP contribution is 2.19. The first-order valence-corrected chi connectivity index (χ1v) is 8.92. The number of carbonyl (C=O) groups is 1. The van der Waals surface area contributed by atoms with E-state index in [0.29, 0.717) is 12.5 Å². The zero-order valence-electron chi connectivity index (χ0n) is 15.9. The summed E-state index contributed by atoms with van der Waals surface area (Å²) in [5.41, 5.74) is 2.40. The van der Waals surface area contributed by atoms with Gasteiger partial charge in [0, 0.05) is 6.54 Å². The number of urea groups is 1. The third-order valence-electron chi connectivity index (χ3n) is 4.05. The summed E-state index contributed by atoms with van der Waals surface area (Å²) in [7, 11) is 1.64. The summed E-state index contributed by atoms with van der Waals surface area (Å²) in [6, 6.07) is 15.5. The van der Waals surface area contributed by atoms with E-state index in [1.807, 2.05) is 48.5 Å². The van der Waals surface area contributed by atoms with Gasteiger partial charge in [-0.1, -0.05) is 38.1 Å². The molecule has 2 aromatic rings. The molecule has 0 aliphatic heterocycles. The molecule has 5 nitrogen and oxygen atoms in total.